The van der Waals surface area contributed by atoms with Gasteiger partial charge in [-0.05, 0) is 12.1 Å². The number of aromatic nitrogens is 3. The van der Waals surface area contributed by atoms with Crippen molar-refractivity contribution in [3.05, 3.63) is 60.9 Å². The number of nitrogen functional groups attached to an aromatic ring is 1. The molecule has 2 aromatic heterocycles. The molecule has 0 unspecified atom stereocenters. The first-order valence-corrected chi connectivity index (χ1v) is 5.93. The predicted octanol–water partition coefficient (Wildman–Crippen LogP) is 2.79. The summed E-state index contributed by atoms with van der Waals surface area (Å²) in [7, 11) is 0. The molecule has 0 radical (unpaired) electrons. The number of nitrogens with zero attached hydrogens (tertiary/aromatic N) is 3. The largest absolute Gasteiger partial charge is 0.384 e. The van der Waals surface area contributed by atoms with Crippen molar-refractivity contribution in [3.63, 3.8) is 0 Å². The fourth-order valence-corrected chi connectivity index (χ4v) is 1.85. The maximum atomic E-state index is 5.87. The van der Waals surface area contributed by atoms with E-state index >= 15 is 0 Å². The van der Waals surface area contributed by atoms with Gasteiger partial charge < -0.3 is 5.73 Å². The van der Waals surface area contributed by atoms with E-state index in [1.807, 2.05) is 42.5 Å². The van der Waals surface area contributed by atoms with E-state index < -0.39 is 0 Å². The van der Waals surface area contributed by atoms with Crippen molar-refractivity contribution in [3.8, 4) is 22.6 Å². The molecule has 3 rings (SSSR count). The van der Waals surface area contributed by atoms with Gasteiger partial charge in [-0.25, -0.2) is 9.97 Å². The van der Waals surface area contributed by atoms with Crippen LogP contribution >= 0.6 is 0 Å². The zero-order chi connectivity index (χ0) is 13.1. The molecular weight excluding hydrogens is 236 g/mol. The fraction of sp³-hybridized carbons (Fsp3) is 0. The number of pyridine rings is 1. The van der Waals surface area contributed by atoms with E-state index in [2.05, 4.69) is 15.0 Å². The SMILES string of the molecule is Nc1cc(-c2ccncc2)nc(-c2ccccc2)n1. The molecule has 4 heteroatoms. The molecular formula is C15H12N4. The fourth-order valence-electron chi connectivity index (χ4n) is 1.85. The summed E-state index contributed by atoms with van der Waals surface area (Å²) in [4.78, 5) is 12.8. The van der Waals surface area contributed by atoms with Crippen LogP contribution in [0, 0.1) is 0 Å². The number of nitrogens with two attached hydrogens (primary N) is 1. The van der Waals surface area contributed by atoms with Crippen LogP contribution in [-0.2, 0) is 0 Å². The van der Waals surface area contributed by atoms with Gasteiger partial charge in [0.05, 0.1) is 5.69 Å². The van der Waals surface area contributed by atoms with Crippen molar-refractivity contribution in [2.45, 2.75) is 0 Å². The molecule has 19 heavy (non-hydrogen) atoms. The third kappa shape index (κ3) is 2.42. The van der Waals surface area contributed by atoms with Crippen LogP contribution in [0.5, 0.6) is 0 Å². The number of hydrogen-bond donors (Lipinski definition) is 1. The van der Waals surface area contributed by atoms with Crippen molar-refractivity contribution >= 4 is 5.82 Å². The molecule has 0 amide bonds. The predicted molar refractivity (Wildman–Crippen MR) is 75.1 cm³/mol. The lowest BCUT2D eigenvalue weighted by molar-refractivity contribution is 1.18. The monoisotopic (exact) mass is 248 g/mol. The van der Waals surface area contributed by atoms with E-state index in [1.54, 1.807) is 18.5 Å². The maximum Gasteiger partial charge on any atom is 0.162 e. The quantitative estimate of drug-likeness (QED) is 0.757. The highest BCUT2D eigenvalue weighted by Gasteiger charge is 2.06. The summed E-state index contributed by atoms with van der Waals surface area (Å²) >= 11 is 0. The Bertz CT molecular complexity index is 623. The second-order valence-electron chi connectivity index (χ2n) is 4.10. The zero-order valence-corrected chi connectivity index (χ0v) is 10.2. The van der Waals surface area contributed by atoms with Gasteiger partial charge in [-0.1, -0.05) is 30.3 Å². The molecule has 2 heterocycles. The molecule has 0 fully saturated rings. The summed E-state index contributed by atoms with van der Waals surface area (Å²) in [5, 5.41) is 0. The Hall–Kier alpha value is -2.75. The zero-order valence-electron chi connectivity index (χ0n) is 10.2. The lowest BCUT2D eigenvalue weighted by Crippen LogP contribution is -1.97. The highest BCUT2D eigenvalue weighted by atomic mass is 14.9. The molecule has 0 bridgehead atoms. The van der Waals surface area contributed by atoms with Gasteiger partial charge in [-0.15, -0.1) is 0 Å². The van der Waals surface area contributed by atoms with E-state index in [0.717, 1.165) is 16.8 Å². The van der Waals surface area contributed by atoms with Gasteiger partial charge in [0, 0.05) is 29.6 Å². The lowest BCUT2D eigenvalue weighted by atomic mass is 10.1. The van der Waals surface area contributed by atoms with Crippen LogP contribution in [0.4, 0.5) is 5.82 Å². The van der Waals surface area contributed by atoms with Crippen molar-refractivity contribution in [2.75, 3.05) is 5.73 Å². The van der Waals surface area contributed by atoms with E-state index in [9.17, 15) is 0 Å². The Morgan fingerprint density at radius 3 is 2.26 bits per heavy atom. The van der Waals surface area contributed by atoms with Crippen LogP contribution in [0.25, 0.3) is 22.6 Å². The number of hydrogen-bond acceptors (Lipinski definition) is 4. The molecule has 2 N–H and O–H groups in total. The molecule has 0 saturated heterocycles. The van der Waals surface area contributed by atoms with Crippen molar-refractivity contribution in [2.24, 2.45) is 0 Å². The molecule has 92 valence electrons. The number of benzene rings is 1. The van der Waals surface area contributed by atoms with Crippen molar-refractivity contribution in [1.29, 1.82) is 0 Å². The summed E-state index contributed by atoms with van der Waals surface area (Å²) in [5.41, 5.74) is 8.59. The van der Waals surface area contributed by atoms with Gasteiger partial charge in [-0.2, -0.15) is 0 Å². The molecule has 3 aromatic rings. The third-order valence-corrected chi connectivity index (χ3v) is 2.75. The molecule has 0 aliphatic rings. The second kappa shape index (κ2) is 4.86. The first-order chi connectivity index (χ1) is 9.33. The van der Waals surface area contributed by atoms with E-state index in [1.165, 1.54) is 0 Å². The Morgan fingerprint density at radius 2 is 1.53 bits per heavy atom. The number of anilines is 1. The van der Waals surface area contributed by atoms with Crippen LogP contribution in [0.2, 0.25) is 0 Å². The van der Waals surface area contributed by atoms with Gasteiger partial charge in [0.2, 0.25) is 0 Å². The van der Waals surface area contributed by atoms with Gasteiger partial charge in [0.25, 0.3) is 0 Å². The van der Waals surface area contributed by atoms with Gasteiger partial charge in [-0.3, -0.25) is 4.98 Å². The molecule has 1 aromatic carbocycles. The Balaban J connectivity index is 2.12. The van der Waals surface area contributed by atoms with Crippen LogP contribution in [0.15, 0.2) is 60.9 Å². The van der Waals surface area contributed by atoms with E-state index in [4.69, 9.17) is 5.73 Å². The van der Waals surface area contributed by atoms with Crippen LogP contribution in [0.3, 0.4) is 0 Å². The van der Waals surface area contributed by atoms with E-state index in [-0.39, 0.29) is 0 Å². The highest BCUT2D eigenvalue weighted by Crippen LogP contribution is 2.22. The molecule has 0 aliphatic carbocycles. The normalized spacial score (nSPS) is 10.3. The molecule has 0 saturated carbocycles. The smallest absolute Gasteiger partial charge is 0.162 e. The Kier molecular flexibility index (Phi) is 2.90. The van der Waals surface area contributed by atoms with Gasteiger partial charge in [0.15, 0.2) is 5.82 Å². The maximum absolute atomic E-state index is 5.87. The minimum Gasteiger partial charge on any atom is -0.384 e. The summed E-state index contributed by atoms with van der Waals surface area (Å²) in [6, 6.07) is 15.4. The average Bonchev–Trinajstić information content (AvgIpc) is 2.48. The first-order valence-electron chi connectivity index (χ1n) is 5.93. The summed E-state index contributed by atoms with van der Waals surface area (Å²) < 4.78 is 0. The van der Waals surface area contributed by atoms with Crippen LogP contribution in [0.1, 0.15) is 0 Å². The van der Waals surface area contributed by atoms with Crippen LogP contribution in [-0.4, -0.2) is 15.0 Å². The highest BCUT2D eigenvalue weighted by molar-refractivity contribution is 5.66. The van der Waals surface area contributed by atoms with Crippen molar-refractivity contribution < 1.29 is 0 Å². The summed E-state index contributed by atoms with van der Waals surface area (Å²) in [6.45, 7) is 0. The molecule has 0 aliphatic heterocycles. The summed E-state index contributed by atoms with van der Waals surface area (Å²) in [5.74, 6) is 1.09. The standard InChI is InChI=1S/C15H12N4/c16-14-10-13(11-6-8-17-9-7-11)18-15(19-14)12-4-2-1-3-5-12/h1-10H,(H2,16,18,19). The molecule has 4 nitrogen and oxygen atoms in total. The first kappa shape index (κ1) is 11.3. The molecule has 0 spiro atoms. The lowest BCUT2D eigenvalue weighted by Gasteiger charge is -2.05. The Morgan fingerprint density at radius 1 is 0.789 bits per heavy atom. The Labute approximate surface area is 111 Å². The average molecular weight is 248 g/mol. The minimum absolute atomic E-state index is 0.459. The number of rotatable bonds is 2. The summed E-state index contributed by atoms with van der Waals surface area (Å²) in [6.07, 6.45) is 3.46. The topological polar surface area (TPSA) is 64.7 Å². The van der Waals surface area contributed by atoms with E-state index in [0.29, 0.717) is 11.6 Å². The van der Waals surface area contributed by atoms with Crippen LogP contribution < -0.4 is 5.73 Å². The molecule has 0 atom stereocenters. The van der Waals surface area contributed by atoms with Crippen molar-refractivity contribution in [1.82, 2.24) is 15.0 Å². The third-order valence-electron chi connectivity index (χ3n) is 2.75. The van der Waals surface area contributed by atoms with Gasteiger partial charge >= 0.3 is 0 Å². The minimum atomic E-state index is 0.459. The van der Waals surface area contributed by atoms with Gasteiger partial charge in [0.1, 0.15) is 5.82 Å². The second-order valence-corrected chi connectivity index (χ2v) is 4.10.